The van der Waals surface area contributed by atoms with Crippen molar-refractivity contribution in [2.24, 2.45) is 5.41 Å². The first-order valence-electron chi connectivity index (χ1n) is 8.08. The molecular formula is C18H23NO3. The standard InChI is InChI=1S/C18H23NO3/c1-16(2)13-17(5-6-18(16)20-8-9-21-18)10-15(12-22-17)14-4-3-7-19-11-14/h3-4,7,10-11H,5-6,8-9,12-13H2,1-2H3. The molecule has 4 heteroatoms. The number of rotatable bonds is 1. The summed E-state index contributed by atoms with van der Waals surface area (Å²) in [4.78, 5) is 4.21. The highest BCUT2D eigenvalue weighted by molar-refractivity contribution is 5.68. The van der Waals surface area contributed by atoms with E-state index in [9.17, 15) is 0 Å². The minimum absolute atomic E-state index is 0.0668. The Labute approximate surface area is 131 Å². The van der Waals surface area contributed by atoms with E-state index in [-0.39, 0.29) is 11.0 Å². The first-order chi connectivity index (χ1) is 10.5. The van der Waals surface area contributed by atoms with E-state index in [0.29, 0.717) is 19.8 Å². The second-order valence-corrected chi connectivity index (χ2v) is 7.28. The third-order valence-electron chi connectivity index (χ3n) is 5.39. The van der Waals surface area contributed by atoms with Crippen molar-refractivity contribution in [3.05, 3.63) is 36.2 Å². The summed E-state index contributed by atoms with van der Waals surface area (Å²) in [7, 11) is 0. The summed E-state index contributed by atoms with van der Waals surface area (Å²) in [6.07, 6.45) is 8.78. The van der Waals surface area contributed by atoms with E-state index in [1.54, 1.807) is 6.20 Å². The second-order valence-electron chi connectivity index (χ2n) is 7.28. The highest BCUT2D eigenvalue weighted by Crippen LogP contribution is 2.55. The van der Waals surface area contributed by atoms with Crippen LogP contribution in [0, 0.1) is 5.41 Å². The van der Waals surface area contributed by atoms with Gasteiger partial charge in [-0.2, -0.15) is 0 Å². The van der Waals surface area contributed by atoms with E-state index in [1.165, 1.54) is 5.57 Å². The number of pyridine rings is 1. The quantitative estimate of drug-likeness (QED) is 0.799. The molecule has 1 saturated heterocycles. The molecular weight excluding hydrogens is 278 g/mol. The lowest BCUT2D eigenvalue weighted by molar-refractivity contribution is -0.267. The van der Waals surface area contributed by atoms with Crippen LogP contribution >= 0.6 is 0 Å². The van der Waals surface area contributed by atoms with Crippen molar-refractivity contribution < 1.29 is 14.2 Å². The maximum Gasteiger partial charge on any atom is 0.173 e. The topological polar surface area (TPSA) is 40.6 Å². The molecule has 0 aromatic carbocycles. The van der Waals surface area contributed by atoms with E-state index in [0.717, 1.165) is 24.8 Å². The van der Waals surface area contributed by atoms with E-state index in [1.807, 2.05) is 12.3 Å². The van der Waals surface area contributed by atoms with Gasteiger partial charge in [0.05, 0.1) is 25.4 Å². The van der Waals surface area contributed by atoms with Gasteiger partial charge in [-0.3, -0.25) is 4.98 Å². The molecule has 0 N–H and O–H groups in total. The van der Waals surface area contributed by atoms with Crippen molar-refractivity contribution >= 4 is 5.57 Å². The first kappa shape index (κ1) is 14.4. The molecule has 1 aromatic rings. The molecule has 1 atom stereocenters. The highest BCUT2D eigenvalue weighted by atomic mass is 16.7. The molecule has 22 heavy (non-hydrogen) atoms. The molecule has 1 aromatic heterocycles. The Morgan fingerprint density at radius 2 is 1.91 bits per heavy atom. The van der Waals surface area contributed by atoms with Crippen molar-refractivity contribution in [1.29, 1.82) is 0 Å². The second kappa shape index (κ2) is 4.88. The Bertz CT molecular complexity index is 590. The van der Waals surface area contributed by atoms with Crippen molar-refractivity contribution in [3.63, 3.8) is 0 Å². The Balaban J connectivity index is 1.61. The van der Waals surface area contributed by atoms with Gasteiger partial charge in [-0.15, -0.1) is 0 Å². The molecule has 1 unspecified atom stereocenters. The van der Waals surface area contributed by atoms with Gasteiger partial charge in [0.25, 0.3) is 0 Å². The fourth-order valence-electron chi connectivity index (χ4n) is 4.26. The molecule has 1 saturated carbocycles. The number of aromatic nitrogens is 1. The van der Waals surface area contributed by atoms with Gasteiger partial charge in [-0.1, -0.05) is 19.9 Å². The molecule has 118 valence electrons. The van der Waals surface area contributed by atoms with Crippen LogP contribution in [0.15, 0.2) is 30.6 Å². The van der Waals surface area contributed by atoms with Crippen LogP contribution in [-0.4, -0.2) is 36.2 Å². The summed E-state index contributed by atoms with van der Waals surface area (Å²) in [5.74, 6) is -0.424. The summed E-state index contributed by atoms with van der Waals surface area (Å²) in [6, 6.07) is 4.07. The van der Waals surface area contributed by atoms with Gasteiger partial charge in [0, 0.05) is 24.2 Å². The van der Waals surface area contributed by atoms with E-state index in [4.69, 9.17) is 14.2 Å². The summed E-state index contributed by atoms with van der Waals surface area (Å²) < 4.78 is 18.3. The average molecular weight is 301 g/mol. The summed E-state index contributed by atoms with van der Waals surface area (Å²) in [6.45, 7) is 6.54. The van der Waals surface area contributed by atoms with Crippen LogP contribution in [0.25, 0.3) is 5.57 Å². The predicted octanol–water partition coefficient (Wildman–Crippen LogP) is 3.19. The van der Waals surface area contributed by atoms with Crippen molar-refractivity contribution in [3.8, 4) is 0 Å². The molecule has 3 heterocycles. The van der Waals surface area contributed by atoms with Gasteiger partial charge in [-0.25, -0.2) is 0 Å². The summed E-state index contributed by atoms with van der Waals surface area (Å²) in [5.41, 5.74) is 2.15. The molecule has 0 bridgehead atoms. The van der Waals surface area contributed by atoms with Gasteiger partial charge in [0.1, 0.15) is 0 Å². The van der Waals surface area contributed by atoms with E-state index < -0.39 is 5.79 Å². The number of hydrogen-bond acceptors (Lipinski definition) is 4. The molecule has 0 radical (unpaired) electrons. The average Bonchev–Trinajstić information content (AvgIpc) is 3.13. The van der Waals surface area contributed by atoms with Crippen LogP contribution < -0.4 is 0 Å². The normalized spacial score (nSPS) is 32.5. The fraction of sp³-hybridized carbons (Fsp3) is 0.611. The Hall–Kier alpha value is -1.23. The molecule has 1 aliphatic carbocycles. The number of ether oxygens (including phenoxy) is 3. The van der Waals surface area contributed by atoms with Gasteiger partial charge in [-0.05, 0) is 36.1 Å². The minimum Gasteiger partial charge on any atom is -0.366 e. The lowest BCUT2D eigenvalue weighted by Gasteiger charge is -2.51. The van der Waals surface area contributed by atoms with Gasteiger partial charge in [0.2, 0.25) is 0 Å². The van der Waals surface area contributed by atoms with Crippen LogP contribution in [0.3, 0.4) is 0 Å². The molecule has 3 aliphatic rings. The van der Waals surface area contributed by atoms with Crippen LogP contribution in [-0.2, 0) is 14.2 Å². The molecule has 2 spiro atoms. The Morgan fingerprint density at radius 1 is 1.09 bits per heavy atom. The minimum atomic E-state index is -0.424. The fourth-order valence-corrected chi connectivity index (χ4v) is 4.26. The van der Waals surface area contributed by atoms with Gasteiger partial charge >= 0.3 is 0 Å². The molecule has 2 fully saturated rings. The predicted molar refractivity (Wildman–Crippen MR) is 83.2 cm³/mol. The largest absolute Gasteiger partial charge is 0.366 e. The third kappa shape index (κ3) is 2.13. The van der Waals surface area contributed by atoms with Crippen molar-refractivity contribution in [2.75, 3.05) is 19.8 Å². The SMILES string of the molecule is CC1(C)CC2(C=C(c3cccnc3)CO2)CCC12OCCO2. The van der Waals surface area contributed by atoms with E-state index >= 15 is 0 Å². The summed E-state index contributed by atoms with van der Waals surface area (Å²) >= 11 is 0. The number of hydrogen-bond donors (Lipinski definition) is 0. The smallest absolute Gasteiger partial charge is 0.173 e. The van der Waals surface area contributed by atoms with Gasteiger partial charge in [0.15, 0.2) is 5.79 Å². The van der Waals surface area contributed by atoms with Crippen LogP contribution in [0.4, 0.5) is 0 Å². The zero-order valence-electron chi connectivity index (χ0n) is 13.3. The van der Waals surface area contributed by atoms with Gasteiger partial charge < -0.3 is 14.2 Å². The highest BCUT2D eigenvalue weighted by Gasteiger charge is 2.58. The maximum absolute atomic E-state index is 6.26. The molecule has 4 nitrogen and oxygen atoms in total. The Morgan fingerprint density at radius 3 is 2.59 bits per heavy atom. The lowest BCUT2D eigenvalue weighted by Crippen LogP contribution is -2.55. The van der Waals surface area contributed by atoms with Crippen LogP contribution in [0.5, 0.6) is 0 Å². The molecule has 0 amide bonds. The lowest BCUT2D eigenvalue weighted by atomic mass is 9.65. The first-order valence-corrected chi connectivity index (χ1v) is 8.08. The van der Waals surface area contributed by atoms with Crippen molar-refractivity contribution in [2.45, 2.75) is 44.5 Å². The van der Waals surface area contributed by atoms with Crippen LogP contribution in [0.1, 0.15) is 38.7 Å². The third-order valence-corrected chi connectivity index (χ3v) is 5.39. The molecule has 4 rings (SSSR count). The maximum atomic E-state index is 6.26. The Kier molecular flexibility index (Phi) is 3.19. The zero-order chi connectivity index (χ0) is 15.3. The van der Waals surface area contributed by atoms with Crippen LogP contribution in [0.2, 0.25) is 0 Å². The van der Waals surface area contributed by atoms with Crippen molar-refractivity contribution in [1.82, 2.24) is 4.98 Å². The van der Waals surface area contributed by atoms with E-state index in [2.05, 4.69) is 31.0 Å². The molecule has 2 aliphatic heterocycles. The summed E-state index contributed by atoms with van der Waals surface area (Å²) in [5, 5.41) is 0. The number of nitrogens with zero attached hydrogens (tertiary/aromatic N) is 1. The zero-order valence-corrected chi connectivity index (χ0v) is 13.3. The monoisotopic (exact) mass is 301 g/mol.